The fourth-order valence-corrected chi connectivity index (χ4v) is 0.956. The predicted molar refractivity (Wildman–Crippen MR) is 44.8 cm³/mol. The molecule has 0 bridgehead atoms. The first kappa shape index (κ1) is 7.78. The first-order valence-corrected chi connectivity index (χ1v) is 3.82. The summed E-state index contributed by atoms with van der Waals surface area (Å²) in [5.41, 5.74) is 0.848. The van der Waals surface area contributed by atoms with Crippen LogP contribution in [0.3, 0.4) is 0 Å². The largest absolute Gasteiger partial charge is 0.451 e. The number of nitrogens with zero attached hydrogens (tertiary/aromatic N) is 4. The number of hydrogen-bond acceptors (Lipinski definition) is 5. The summed E-state index contributed by atoms with van der Waals surface area (Å²) in [5, 5.41) is 10.6. The molecule has 0 unspecified atom stereocenters. The van der Waals surface area contributed by atoms with Gasteiger partial charge >= 0.3 is 0 Å². The van der Waals surface area contributed by atoms with Gasteiger partial charge in [0, 0.05) is 7.05 Å². The third-order valence-corrected chi connectivity index (χ3v) is 1.65. The van der Waals surface area contributed by atoms with E-state index in [1.165, 1.54) is 6.39 Å². The van der Waals surface area contributed by atoms with Gasteiger partial charge in [-0.2, -0.15) is 0 Å². The van der Waals surface area contributed by atoms with Crippen molar-refractivity contribution in [1.29, 1.82) is 0 Å². The molecule has 0 fully saturated rings. The number of anilines is 1. The molecule has 13 heavy (non-hydrogen) atoms. The molecule has 0 radical (unpaired) electrons. The van der Waals surface area contributed by atoms with Gasteiger partial charge in [-0.1, -0.05) is 5.21 Å². The van der Waals surface area contributed by atoms with Crippen molar-refractivity contribution in [2.75, 3.05) is 5.32 Å². The zero-order valence-corrected chi connectivity index (χ0v) is 7.14. The average Bonchev–Trinajstić information content (AvgIpc) is 2.72. The Hall–Kier alpha value is -1.85. The number of nitrogens with one attached hydrogen (secondary N) is 1. The van der Waals surface area contributed by atoms with Gasteiger partial charge in [-0.15, -0.1) is 5.10 Å². The Bertz CT molecular complexity index is 366. The van der Waals surface area contributed by atoms with Crippen molar-refractivity contribution in [3.05, 3.63) is 24.5 Å². The summed E-state index contributed by atoms with van der Waals surface area (Å²) in [4.78, 5) is 3.97. The number of hydrogen-bond donors (Lipinski definition) is 1. The van der Waals surface area contributed by atoms with Crippen LogP contribution in [0.4, 0.5) is 5.82 Å². The van der Waals surface area contributed by atoms with Crippen molar-refractivity contribution in [2.24, 2.45) is 7.05 Å². The number of rotatable bonds is 3. The molecule has 0 aliphatic carbocycles. The van der Waals surface area contributed by atoms with Gasteiger partial charge in [0.25, 0.3) is 0 Å². The van der Waals surface area contributed by atoms with Crippen LogP contribution in [0, 0.1) is 0 Å². The molecule has 0 atom stereocenters. The molecule has 2 aromatic heterocycles. The maximum absolute atomic E-state index is 4.83. The van der Waals surface area contributed by atoms with E-state index in [0.29, 0.717) is 6.54 Å². The zero-order valence-electron chi connectivity index (χ0n) is 7.14. The molecule has 0 amide bonds. The lowest BCUT2D eigenvalue weighted by atomic mass is 10.5. The van der Waals surface area contributed by atoms with Crippen molar-refractivity contribution in [3.8, 4) is 0 Å². The Morgan fingerprint density at radius 3 is 3.15 bits per heavy atom. The summed E-state index contributed by atoms with van der Waals surface area (Å²) in [5.74, 6) is 0.850. The second kappa shape index (κ2) is 3.26. The van der Waals surface area contributed by atoms with Crippen LogP contribution >= 0.6 is 0 Å². The minimum atomic E-state index is 0.609. The summed E-state index contributed by atoms with van der Waals surface area (Å²) in [6.45, 7) is 0.609. The summed E-state index contributed by atoms with van der Waals surface area (Å²) >= 11 is 0. The van der Waals surface area contributed by atoms with Crippen molar-refractivity contribution in [3.63, 3.8) is 0 Å². The molecular formula is C7H9N5O. The van der Waals surface area contributed by atoms with Crippen LogP contribution in [0.5, 0.6) is 0 Å². The van der Waals surface area contributed by atoms with Crippen LogP contribution in [-0.2, 0) is 13.6 Å². The first-order valence-electron chi connectivity index (χ1n) is 3.82. The van der Waals surface area contributed by atoms with E-state index >= 15 is 0 Å². The average molecular weight is 179 g/mol. The third-order valence-electron chi connectivity index (χ3n) is 1.65. The minimum Gasteiger partial charge on any atom is -0.451 e. The van der Waals surface area contributed by atoms with E-state index in [1.807, 2.05) is 7.05 Å². The van der Waals surface area contributed by atoms with Crippen molar-refractivity contribution < 1.29 is 4.42 Å². The predicted octanol–water partition coefficient (Wildman–Crippen LogP) is 0.415. The van der Waals surface area contributed by atoms with Gasteiger partial charge in [0.15, 0.2) is 6.39 Å². The molecule has 0 saturated carbocycles. The summed E-state index contributed by atoms with van der Waals surface area (Å²) < 4.78 is 6.48. The van der Waals surface area contributed by atoms with E-state index in [1.54, 1.807) is 17.1 Å². The smallest absolute Gasteiger partial charge is 0.180 e. The Kier molecular flexibility index (Phi) is 1.95. The van der Waals surface area contributed by atoms with Crippen LogP contribution in [-0.4, -0.2) is 20.0 Å². The molecule has 0 aliphatic rings. The highest BCUT2D eigenvalue weighted by atomic mass is 16.3. The molecule has 0 spiro atoms. The van der Waals surface area contributed by atoms with Crippen LogP contribution < -0.4 is 5.32 Å². The summed E-state index contributed by atoms with van der Waals surface area (Å²) in [7, 11) is 1.82. The van der Waals surface area contributed by atoms with Crippen LogP contribution in [0.25, 0.3) is 0 Å². The molecule has 6 heteroatoms. The fourth-order valence-electron chi connectivity index (χ4n) is 0.956. The number of oxazole rings is 1. The molecule has 2 aromatic rings. The van der Waals surface area contributed by atoms with Gasteiger partial charge in [0.1, 0.15) is 12.1 Å². The van der Waals surface area contributed by atoms with Crippen LogP contribution in [0.1, 0.15) is 5.69 Å². The lowest BCUT2D eigenvalue weighted by Crippen LogP contribution is -2.04. The molecule has 68 valence electrons. The summed E-state index contributed by atoms with van der Waals surface area (Å²) in [6.07, 6.45) is 4.65. The highest BCUT2D eigenvalue weighted by Gasteiger charge is 1.99. The van der Waals surface area contributed by atoms with Gasteiger partial charge in [0.05, 0.1) is 18.4 Å². The Balaban J connectivity index is 1.97. The minimum absolute atomic E-state index is 0.609. The number of aryl methyl sites for hydroxylation is 1. The van der Waals surface area contributed by atoms with Gasteiger partial charge in [0.2, 0.25) is 0 Å². The lowest BCUT2D eigenvalue weighted by Gasteiger charge is -2.01. The number of aromatic nitrogens is 4. The van der Waals surface area contributed by atoms with E-state index in [9.17, 15) is 0 Å². The lowest BCUT2D eigenvalue weighted by molar-refractivity contribution is 0.556. The molecule has 2 heterocycles. The van der Waals surface area contributed by atoms with Crippen molar-refractivity contribution in [2.45, 2.75) is 6.54 Å². The molecule has 0 saturated heterocycles. The monoisotopic (exact) mass is 179 g/mol. The standard InChI is InChI=1S/C7H9N5O/c1-12-7(3-10-11-12)8-2-6-4-13-5-9-6/h3-5,8H,2H2,1H3. The Labute approximate surface area is 74.6 Å². The van der Waals surface area contributed by atoms with E-state index in [2.05, 4.69) is 20.6 Å². The fraction of sp³-hybridized carbons (Fsp3) is 0.286. The normalized spacial score (nSPS) is 10.2. The Morgan fingerprint density at radius 2 is 2.54 bits per heavy atom. The maximum Gasteiger partial charge on any atom is 0.180 e. The van der Waals surface area contributed by atoms with Gasteiger partial charge in [-0.05, 0) is 0 Å². The van der Waals surface area contributed by atoms with Gasteiger partial charge in [-0.25, -0.2) is 9.67 Å². The molecule has 0 aromatic carbocycles. The van der Waals surface area contributed by atoms with Gasteiger partial charge < -0.3 is 9.73 Å². The molecule has 6 nitrogen and oxygen atoms in total. The van der Waals surface area contributed by atoms with E-state index in [-0.39, 0.29) is 0 Å². The highest BCUT2D eigenvalue weighted by molar-refractivity contribution is 5.30. The van der Waals surface area contributed by atoms with E-state index < -0.39 is 0 Å². The molecular weight excluding hydrogens is 170 g/mol. The van der Waals surface area contributed by atoms with E-state index in [4.69, 9.17) is 4.42 Å². The zero-order chi connectivity index (χ0) is 9.10. The first-order chi connectivity index (χ1) is 6.36. The second-order valence-electron chi connectivity index (χ2n) is 2.58. The van der Waals surface area contributed by atoms with Crippen LogP contribution in [0.15, 0.2) is 23.3 Å². The van der Waals surface area contributed by atoms with Crippen molar-refractivity contribution >= 4 is 5.82 Å². The van der Waals surface area contributed by atoms with E-state index in [0.717, 1.165) is 11.5 Å². The molecule has 2 rings (SSSR count). The maximum atomic E-state index is 4.83. The third kappa shape index (κ3) is 1.66. The molecule has 1 N–H and O–H groups in total. The summed E-state index contributed by atoms with van der Waals surface area (Å²) in [6, 6.07) is 0. The quantitative estimate of drug-likeness (QED) is 0.739. The van der Waals surface area contributed by atoms with Crippen molar-refractivity contribution in [1.82, 2.24) is 20.0 Å². The topological polar surface area (TPSA) is 68.8 Å². The van der Waals surface area contributed by atoms with Crippen LogP contribution in [0.2, 0.25) is 0 Å². The Morgan fingerprint density at radius 1 is 1.62 bits per heavy atom. The SMILES string of the molecule is Cn1nncc1NCc1cocn1. The second-order valence-corrected chi connectivity index (χ2v) is 2.58. The highest BCUT2D eigenvalue weighted by Crippen LogP contribution is 2.03. The van der Waals surface area contributed by atoms with Gasteiger partial charge in [-0.3, -0.25) is 0 Å². The molecule has 0 aliphatic heterocycles.